The maximum atomic E-state index is 5.25. The van der Waals surface area contributed by atoms with Gasteiger partial charge in [0.1, 0.15) is 0 Å². The lowest BCUT2D eigenvalue weighted by atomic mass is 9.96. The Morgan fingerprint density at radius 3 is 0.980 bits per heavy atom. The Hall–Kier alpha value is -6.57. The van der Waals surface area contributed by atoms with Gasteiger partial charge in [-0.2, -0.15) is 0 Å². The van der Waals surface area contributed by atoms with E-state index in [-0.39, 0.29) is 0 Å². The molecule has 0 saturated carbocycles. The molecule has 0 aliphatic heterocycles. The van der Waals surface area contributed by atoms with Crippen LogP contribution in [0, 0.1) is 0 Å². The lowest BCUT2D eigenvalue weighted by molar-refractivity contribution is 1.32. The van der Waals surface area contributed by atoms with Crippen molar-refractivity contribution in [2.24, 2.45) is 0 Å². The minimum Gasteiger partial charge on any atom is -0.248 e. The van der Waals surface area contributed by atoms with Crippen molar-refractivity contribution in [3.63, 3.8) is 0 Å². The lowest BCUT2D eigenvalue weighted by Gasteiger charge is -2.12. The fourth-order valence-corrected chi connectivity index (χ4v) is 6.88. The summed E-state index contributed by atoms with van der Waals surface area (Å²) in [6.45, 7) is 0. The molecule has 0 radical (unpaired) electrons. The Kier molecular flexibility index (Phi) is 7.57. The first kappa shape index (κ1) is 29.6. The van der Waals surface area contributed by atoms with Gasteiger partial charge in [0.2, 0.25) is 0 Å². The van der Waals surface area contributed by atoms with E-state index in [0.717, 1.165) is 33.6 Å². The Morgan fingerprint density at radius 1 is 0.200 bits per heavy atom. The molecule has 1 heterocycles. The fourth-order valence-electron chi connectivity index (χ4n) is 6.88. The van der Waals surface area contributed by atoms with E-state index in [1.54, 1.807) is 0 Å². The van der Waals surface area contributed by atoms with E-state index in [1.165, 1.54) is 54.9 Å². The van der Waals surface area contributed by atoms with Crippen molar-refractivity contribution in [3.8, 4) is 67.0 Å². The second kappa shape index (κ2) is 12.8. The molecule has 1 heteroatoms. The van der Waals surface area contributed by atoms with Crippen LogP contribution in [0.1, 0.15) is 0 Å². The molecule has 0 spiro atoms. The Balaban J connectivity index is 1.09. The zero-order valence-electron chi connectivity index (χ0n) is 27.5. The SMILES string of the molecule is c1ccc(-c2ccc(-c3cc(-c4ccc(-c5ccc6ccccc6c5)cc4)nc(-c4ccc(-c5ccc6ccccc6c5)cc4)c3)cc2)cc1. The first-order chi connectivity index (χ1) is 24.7. The van der Waals surface area contributed by atoms with Gasteiger partial charge in [0.15, 0.2) is 0 Å². The molecule has 0 saturated heterocycles. The van der Waals surface area contributed by atoms with Crippen molar-refractivity contribution in [1.29, 1.82) is 0 Å². The van der Waals surface area contributed by atoms with Crippen molar-refractivity contribution in [2.45, 2.75) is 0 Å². The van der Waals surface area contributed by atoms with Crippen LogP contribution in [0.2, 0.25) is 0 Å². The van der Waals surface area contributed by atoms with Gasteiger partial charge in [-0.15, -0.1) is 0 Å². The highest BCUT2D eigenvalue weighted by atomic mass is 14.7. The predicted molar refractivity (Wildman–Crippen MR) is 212 cm³/mol. The third-order valence-corrected chi connectivity index (χ3v) is 9.68. The van der Waals surface area contributed by atoms with Gasteiger partial charge < -0.3 is 0 Å². The van der Waals surface area contributed by atoms with Crippen LogP contribution >= 0.6 is 0 Å². The monoisotopic (exact) mass is 635 g/mol. The number of hydrogen-bond donors (Lipinski definition) is 0. The topological polar surface area (TPSA) is 12.9 Å². The smallest absolute Gasteiger partial charge is 0.0715 e. The number of rotatable bonds is 6. The van der Waals surface area contributed by atoms with Crippen LogP contribution in [-0.4, -0.2) is 4.98 Å². The zero-order chi connectivity index (χ0) is 33.3. The average molecular weight is 636 g/mol. The van der Waals surface area contributed by atoms with E-state index < -0.39 is 0 Å². The standard InChI is InChI=1S/C49H33N/c1-2-8-34(9-3-1)37-14-16-40(17-15-37)47-32-48(41-24-18-38(19-25-41)45-28-22-35-10-4-6-12-43(35)30-45)50-49(33-47)42-26-20-39(21-27-42)46-29-23-36-11-5-7-13-44(36)31-46/h1-33H. The summed E-state index contributed by atoms with van der Waals surface area (Å²) in [6.07, 6.45) is 0. The first-order valence-electron chi connectivity index (χ1n) is 17.1. The molecule has 50 heavy (non-hydrogen) atoms. The summed E-state index contributed by atoms with van der Waals surface area (Å²) in [5.74, 6) is 0. The van der Waals surface area contributed by atoms with Crippen molar-refractivity contribution in [3.05, 3.63) is 200 Å². The van der Waals surface area contributed by atoms with Crippen LogP contribution in [0.15, 0.2) is 200 Å². The van der Waals surface area contributed by atoms with Crippen molar-refractivity contribution < 1.29 is 0 Å². The molecular weight excluding hydrogens is 603 g/mol. The molecule has 9 aromatic rings. The molecule has 0 bridgehead atoms. The van der Waals surface area contributed by atoms with Gasteiger partial charge in [0.05, 0.1) is 11.4 Å². The fraction of sp³-hybridized carbons (Fsp3) is 0. The highest BCUT2D eigenvalue weighted by Gasteiger charge is 2.11. The van der Waals surface area contributed by atoms with Gasteiger partial charge in [-0.25, -0.2) is 4.98 Å². The van der Waals surface area contributed by atoms with E-state index in [9.17, 15) is 0 Å². The molecule has 0 N–H and O–H groups in total. The number of benzene rings is 8. The van der Waals surface area contributed by atoms with Crippen LogP contribution in [0.4, 0.5) is 0 Å². The average Bonchev–Trinajstić information content (AvgIpc) is 3.21. The van der Waals surface area contributed by atoms with Gasteiger partial charge in [-0.1, -0.05) is 176 Å². The second-order valence-electron chi connectivity index (χ2n) is 12.8. The maximum absolute atomic E-state index is 5.25. The zero-order valence-corrected chi connectivity index (χ0v) is 27.5. The van der Waals surface area contributed by atoms with Gasteiger partial charge in [-0.3, -0.25) is 0 Å². The quantitative estimate of drug-likeness (QED) is 0.177. The van der Waals surface area contributed by atoms with Crippen LogP contribution in [0.3, 0.4) is 0 Å². The van der Waals surface area contributed by atoms with E-state index >= 15 is 0 Å². The van der Waals surface area contributed by atoms with Crippen LogP contribution in [0.5, 0.6) is 0 Å². The van der Waals surface area contributed by atoms with Gasteiger partial charge in [0, 0.05) is 11.1 Å². The Bertz CT molecular complexity index is 2460. The highest BCUT2D eigenvalue weighted by molar-refractivity contribution is 5.89. The lowest BCUT2D eigenvalue weighted by Crippen LogP contribution is -1.92. The molecule has 0 amide bonds. The summed E-state index contributed by atoms with van der Waals surface area (Å²) in [7, 11) is 0. The number of pyridine rings is 1. The highest BCUT2D eigenvalue weighted by Crippen LogP contribution is 2.34. The summed E-state index contributed by atoms with van der Waals surface area (Å²) in [5, 5.41) is 5.00. The Labute approximate surface area is 292 Å². The number of fused-ring (bicyclic) bond motifs is 2. The van der Waals surface area contributed by atoms with Crippen molar-refractivity contribution >= 4 is 21.5 Å². The van der Waals surface area contributed by atoms with Gasteiger partial charge in [-0.05, 0) is 90.3 Å². The third kappa shape index (κ3) is 5.87. The third-order valence-electron chi connectivity index (χ3n) is 9.68. The normalized spacial score (nSPS) is 11.2. The minimum atomic E-state index is 0.952. The van der Waals surface area contributed by atoms with E-state index in [0.29, 0.717) is 0 Å². The number of aromatic nitrogens is 1. The summed E-state index contributed by atoms with van der Waals surface area (Å²) >= 11 is 0. The predicted octanol–water partition coefficient (Wildman–Crippen LogP) is 13.4. The number of nitrogens with zero attached hydrogens (tertiary/aromatic N) is 1. The molecule has 0 aliphatic rings. The molecule has 8 aromatic carbocycles. The first-order valence-corrected chi connectivity index (χ1v) is 17.1. The second-order valence-corrected chi connectivity index (χ2v) is 12.8. The van der Waals surface area contributed by atoms with Crippen LogP contribution < -0.4 is 0 Å². The molecule has 0 unspecified atom stereocenters. The molecule has 9 rings (SSSR count). The Morgan fingerprint density at radius 2 is 0.520 bits per heavy atom. The summed E-state index contributed by atoms with van der Waals surface area (Å²) < 4.78 is 0. The van der Waals surface area contributed by atoms with Crippen molar-refractivity contribution in [1.82, 2.24) is 4.98 Å². The molecule has 1 aromatic heterocycles. The molecule has 234 valence electrons. The van der Waals surface area contributed by atoms with E-state index in [2.05, 4.69) is 200 Å². The molecule has 0 atom stereocenters. The minimum absolute atomic E-state index is 0.952. The summed E-state index contributed by atoms with van der Waals surface area (Å²) in [6, 6.07) is 71.8. The maximum Gasteiger partial charge on any atom is 0.0715 e. The van der Waals surface area contributed by atoms with E-state index in [1.807, 2.05) is 0 Å². The van der Waals surface area contributed by atoms with Crippen molar-refractivity contribution in [2.75, 3.05) is 0 Å². The summed E-state index contributed by atoms with van der Waals surface area (Å²) in [5.41, 5.74) is 13.6. The molecule has 0 fully saturated rings. The number of hydrogen-bond acceptors (Lipinski definition) is 1. The molecular formula is C49H33N. The van der Waals surface area contributed by atoms with Gasteiger partial charge >= 0.3 is 0 Å². The van der Waals surface area contributed by atoms with Gasteiger partial charge in [0.25, 0.3) is 0 Å². The van der Waals surface area contributed by atoms with E-state index in [4.69, 9.17) is 4.98 Å². The molecule has 0 aliphatic carbocycles. The summed E-state index contributed by atoms with van der Waals surface area (Å²) in [4.78, 5) is 5.25. The van der Waals surface area contributed by atoms with Crippen LogP contribution in [-0.2, 0) is 0 Å². The molecule has 1 nitrogen and oxygen atoms in total. The van der Waals surface area contributed by atoms with Crippen LogP contribution in [0.25, 0.3) is 88.6 Å². The largest absolute Gasteiger partial charge is 0.248 e.